The van der Waals surface area contributed by atoms with E-state index in [4.69, 9.17) is 5.73 Å². The third kappa shape index (κ3) is 1.74. The Morgan fingerprint density at radius 3 is 3.00 bits per heavy atom. The molecule has 0 atom stereocenters. The number of nitrogen functional groups attached to an aromatic ring is 1. The molecule has 4 rings (SSSR count). The molecule has 0 bridgehead atoms. The Bertz CT molecular complexity index is 933. The van der Waals surface area contributed by atoms with Gasteiger partial charge in [-0.3, -0.25) is 4.79 Å². The van der Waals surface area contributed by atoms with E-state index in [9.17, 15) is 4.79 Å². The number of aromatic nitrogens is 2. The zero-order valence-corrected chi connectivity index (χ0v) is 11.2. The number of pyridine rings is 1. The zero-order chi connectivity index (χ0) is 14.4. The molecule has 0 unspecified atom stereocenters. The largest absolute Gasteiger partial charge is 0.397 e. The summed E-state index contributed by atoms with van der Waals surface area (Å²) in [5.41, 5.74) is 11.5. The molecule has 0 fully saturated rings. The van der Waals surface area contributed by atoms with Gasteiger partial charge in [0.05, 0.1) is 16.8 Å². The van der Waals surface area contributed by atoms with Crippen LogP contribution in [-0.2, 0) is 0 Å². The van der Waals surface area contributed by atoms with Crippen molar-refractivity contribution in [3.05, 3.63) is 58.0 Å². The molecule has 3 heterocycles. The van der Waals surface area contributed by atoms with E-state index in [0.29, 0.717) is 11.9 Å². The lowest BCUT2D eigenvalue weighted by Crippen LogP contribution is -1.99. The second kappa shape index (κ2) is 4.28. The van der Waals surface area contributed by atoms with E-state index in [1.54, 1.807) is 6.20 Å². The Morgan fingerprint density at radius 2 is 2.10 bits per heavy atom. The Morgan fingerprint density at radius 1 is 1.19 bits per heavy atom. The van der Waals surface area contributed by atoms with Crippen molar-refractivity contribution >= 4 is 34.1 Å². The number of aromatic amines is 2. The molecular formula is C16H14N4O. The van der Waals surface area contributed by atoms with E-state index in [-0.39, 0.29) is 5.43 Å². The molecule has 104 valence electrons. The molecule has 1 aromatic carbocycles. The Hall–Kier alpha value is -2.95. The fourth-order valence-electron chi connectivity index (χ4n) is 2.85. The molecule has 1 aliphatic rings. The van der Waals surface area contributed by atoms with Crippen LogP contribution in [0.3, 0.4) is 0 Å². The number of para-hydroxylation sites is 1. The highest BCUT2D eigenvalue weighted by Crippen LogP contribution is 2.36. The van der Waals surface area contributed by atoms with Gasteiger partial charge in [-0.2, -0.15) is 0 Å². The van der Waals surface area contributed by atoms with Crippen LogP contribution < -0.4 is 16.5 Å². The van der Waals surface area contributed by atoms with Gasteiger partial charge in [0.25, 0.3) is 0 Å². The number of hydrogen-bond donors (Lipinski definition) is 4. The summed E-state index contributed by atoms with van der Waals surface area (Å²) < 4.78 is 0. The Balaban J connectivity index is 1.90. The van der Waals surface area contributed by atoms with Crippen LogP contribution in [0.1, 0.15) is 11.1 Å². The number of rotatable bonds is 1. The number of fused-ring (bicyclic) bond motifs is 2. The monoisotopic (exact) mass is 278 g/mol. The summed E-state index contributed by atoms with van der Waals surface area (Å²) in [7, 11) is 0. The van der Waals surface area contributed by atoms with Crippen LogP contribution in [0.4, 0.5) is 11.4 Å². The summed E-state index contributed by atoms with van der Waals surface area (Å²) in [6, 6.07) is 7.40. The van der Waals surface area contributed by atoms with Crippen molar-refractivity contribution in [1.29, 1.82) is 0 Å². The number of anilines is 2. The Labute approximate surface area is 120 Å². The summed E-state index contributed by atoms with van der Waals surface area (Å²) in [6.07, 6.45) is 5.53. The molecule has 5 nitrogen and oxygen atoms in total. The van der Waals surface area contributed by atoms with Gasteiger partial charge in [0.15, 0.2) is 5.43 Å². The van der Waals surface area contributed by atoms with E-state index in [2.05, 4.69) is 15.3 Å². The fourth-order valence-corrected chi connectivity index (χ4v) is 2.85. The maximum absolute atomic E-state index is 12.0. The average molecular weight is 278 g/mol. The third-order valence-electron chi connectivity index (χ3n) is 3.85. The van der Waals surface area contributed by atoms with E-state index in [1.807, 2.05) is 30.5 Å². The molecule has 0 radical (unpaired) electrons. The highest BCUT2D eigenvalue weighted by molar-refractivity contribution is 6.00. The number of nitrogens with one attached hydrogen (secondary N) is 3. The van der Waals surface area contributed by atoms with Crippen molar-refractivity contribution in [3.63, 3.8) is 0 Å². The molecule has 0 saturated heterocycles. The molecule has 21 heavy (non-hydrogen) atoms. The smallest absolute Gasteiger partial charge is 0.191 e. The molecule has 1 aliphatic heterocycles. The van der Waals surface area contributed by atoms with Crippen LogP contribution in [0.5, 0.6) is 0 Å². The lowest BCUT2D eigenvalue weighted by Gasteiger charge is -2.02. The van der Waals surface area contributed by atoms with Crippen molar-refractivity contribution in [3.8, 4) is 0 Å². The molecule has 0 amide bonds. The van der Waals surface area contributed by atoms with Gasteiger partial charge in [-0.1, -0.05) is 12.1 Å². The van der Waals surface area contributed by atoms with Crippen molar-refractivity contribution < 1.29 is 0 Å². The first-order valence-electron chi connectivity index (χ1n) is 6.76. The van der Waals surface area contributed by atoms with Gasteiger partial charge in [0.1, 0.15) is 5.65 Å². The summed E-state index contributed by atoms with van der Waals surface area (Å²) in [5, 5.41) is 3.99. The molecule has 0 saturated carbocycles. The number of benzene rings is 1. The number of nitrogens with two attached hydrogens (primary N) is 1. The minimum Gasteiger partial charge on any atom is -0.397 e. The summed E-state index contributed by atoms with van der Waals surface area (Å²) >= 11 is 0. The Kier molecular flexibility index (Phi) is 2.41. The SMILES string of the molecule is Nc1cccc2c1NCC2=Cc1c[nH]c2[nH]ccc(=O)c12. The highest BCUT2D eigenvalue weighted by atomic mass is 16.1. The predicted molar refractivity (Wildman–Crippen MR) is 86.1 cm³/mol. The number of H-pyrrole nitrogens is 2. The van der Waals surface area contributed by atoms with Gasteiger partial charge in [-0.15, -0.1) is 0 Å². The molecule has 0 spiro atoms. The first-order chi connectivity index (χ1) is 10.2. The quantitative estimate of drug-likeness (QED) is 0.515. The van der Waals surface area contributed by atoms with E-state index in [0.717, 1.165) is 33.7 Å². The highest BCUT2D eigenvalue weighted by Gasteiger charge is 2.18. The fraction of sp³-hybridized carbons (Fsp3) is 0.0625. The first kappa shape index (κ1) is 11.8. The zero-order valence-electron chi connectivity index (χ0n) is 11.2. The van der Waals surface area contributed by atoms with Crippen LogP contribution >= 0.6 is 0 Å². The molecule has 0 aliphatic carbocycles. The van der Waals surface area contributed by atoms with Crippen molar-refractivity contribution in [2.24, 2.45) is 0 Å². The molecular weight excluding hydrogens is 264 g/mol. The first-order valence-corrected chi connectivity index (χ1v) is 6.76. The average Bonchev–Trinajstić information content (AvgIpc) is 3.06. The van der Waals surface area contributed by atoms with Crippen LogP contribution in [0.15, 0.2) is 41.5 Å². The van der Waals surface area contributed by atoms with Crippen molar-refractivity contribution in [2.45, 2.75) is 0 Å². The minimum atomic E-state index is 0.00982. The molecule has 5 N–H and O–H groups in total. The van der Waals surface area contributed by atoms with E-state index < -0.39 is 0 Å². The van der Waals surface area contributed by atoms with Crippen LogP contribution in [0.2, 0.25) is 0 Å². The molecule has 5 heteroatoms. The summed E-state index contributed by atoms with van der Waals surface area (Å²) in [4.78, 5) is 18.2. The van der Waals surface area contributed by atoms with Gasteiger partial charge in [0, 0.05) is 36.1 Å². The van der Waals surface area contributed by atoms with E-state index >= 15 is 0 Å². The van der Waals surface area contributed by atoms with Gasteiger partial charge in [-0.25, -0.2) is 0 Å². The minimum absolute atomic E-state index is 0.00982. The van der Waals surface area contributed by atoms with Crippen molar-refractivity contribution in [2.75, 3.05) is 17.6 Å². The predicted octanol–water partition coefficient (Wildman–Crippen LogP) is 2.40. The van der Waals surface area contributed by atoms with Crippen LogP contribution in [0, 0.1) is 0 Å². The normalized spacial score (nSPS) is 15.3. The standard InChI is InChI=1S/C16H14N4O/c17-12-3-1-2-11-9(7-19-15(11)12)6-10-8-20-16-14(10)13(21)4-5-18-16/h1-6,8,19H,7,17H2,(H2,18,20,21). The van der Waals surface area contributed by atoms with Gasteiger partial charge in [-0.05, 0) is 17.7 Å². The van der Waals surface area contributed by atoms with Crippen molar-refractivity contribution in [1.82, 2.24) is 9.97 Å². The van der Waals surface area contributed by atoms with Crippen LogP contribution in [0.25, 0.3) is 22.7 Å². The summed E-state index contributed by atoms with van der Waals surface area (Å²) in [6.45, 7) is 0.709. The summed E-state index contributed by atoms with van der Waals surface area (Å²) in [5.74, 6) is 0. The second-order valence-electron chi connectivity index (χ2n) is 5.13. The maximum atomic E-state index is 12.0. The van der Waals surface area contributed by atoms with Crippen LogP contribution in [-0.4, -0.2) is 16.5 Å². The lowest BCUT2D eigenvalue weighted by molar-refractivity contribution is 1.32. The number of hydrogen-bond acceptors (Lipinski definition) is 3. The topological polar surface area (TPSA) is 86.7 Å². The maximum Gasteiger partial charge on any atom is 0.191 e. The van der Waals surface area contributed by atoms with Gasteiger partial charge >= 0.3 is 0 Å². The van der Waals surface area contributed by atoms with Gasteiger partial charge in [0.2, 0.25) is 0 Å². The third-order valence-corrected chi connectivity index (χ3v) is 3.85. The molecule has 2 aromatic heterocycles. The molecule has 3 aromatic rings. The lowest BCUT2D eigenvalue weighted by atomic mass is 10.0. The van der Waals surface area contributed by atoms with Gasteiger partial charge < -0.3 is 21.0 Å². The second-order valence-corrected chi connectivity index (χ2v) is 5.13. The van der Waals surface area contributed by atoms with E-state index in [1.165, 1.54) is 6.07 Å².